The molecule has 0 bridgehead atoms. The lowest BCUT2D eigenvalue weighted by Gasteiger charge is -2.17. The summed E-state index contributed by atoms with van der Waals surface area (Å²) in [6.07, 6.45) is 0. The van der Waals surface area contributed by atoms with Gasteiger partial charge >= 0.3 is 6.03 Å². The maximum atomic E-state index is 13.0. The van der Waals surface area contributed by atoms with Gasteiger partial charge in [0.15, 0.2) is 0 Å². The highest BCUT2D eigenvalue weighted by Crippen LogP contribution is 2.15. The number of hydrogen-bond acceptors (Lipinski definition) is 3. The summed E-state index contributed by atoms with van der Waals surface area (Å²) in [5, 5.41) is 13.9. The van der Waals surface area contributed by atoms with E-state index in [1.165, 1.54) is 6.07 Å². The molecule has 1 aromatic rings. The second-order valence-electron chi connectivity index (χ2n) is 5.34. The highest BCUT2D eigenvalue weighted by Gasteiger charge is 2.18. The third kappa shape index (κ3) is 5.52. The van der Waals surface area contributed by atoms with Crippen LogP contribution in [0, 0.1) is 17.1 Å². The summed E-state index contributed by atoms with van der Waals surface area (Å²) < 4.78 is 24.4. The van der Waals surface area contributed by atoms with E-state index in [9.17, 15) is 13.4 Å². The van der Waals surface area contributed by atoms with Crippen molar-refractivity contribution in [3.8, 4) is 6.07 Å². The molecule has 0 saturated heterocycles. The van der Waals surface area contributed by atoms with Crippen molar-refractivity contribution < 1.29 is 13.4 Å². The number of anilines is 1. The first-order valence-electron chi connectivity index (χ1n) is 6.37. The molecule has 0 fully saturated rings. The molecule has 114 valence electrons. The van der Waals surface area contributed by atoms with Gasteiger partial charge in [0.2, 0.25) is 0 Å². The predicted molar refractivity (Wildman–Crippen MR) is 80.9 cm³/mol. The van der Waals surface area contributed by atoms with E-state index in [0.29, 0.717) is 5.75 Å². The molecule has 5 nitrogen and oxygen atoms in total. The molecular weight excluding hydrogens is 293 g/mol. The molecule has 0 radical (unpaired) electrons. The molecule has 0 heterocycles. The Morgan fingerprint density at radius 1 is 1.43 bits per heavy atom. The molecule has 1 aromatic carbocycles. The fraction of sp³-hybridized carbons (Fsp3) is 0.429. The van der Waals surface area contributed by atoms with Crippen molar-refractivity contribution in [1.29, 1.82) is 5.26 Å². The van der Waals surface area contributed by atoms with Gasteiger partial charge in [-0.3, -0.25) is 4.21 Å². The number of urea groups is 1. The normalized spacial score (nSPS) is 12.3. The minimum absolute atomic E-state index is 0.0448. The predicted octanol–water partition coefficient (Wildman–Crippen LogP) is 2.37. The summed E-state index contributed by atoms with van der Waals surface area (Å²) in [6.45, 7) is 5.83. The number of nitriles is 1. The Bertz CT molecular complexity index is 591. The van der Waals surface area contributed by atoms with E-state index < -0.39 is 22.6 Å². The number of halogens is 1. The first kappa shape index (κ1) is 17.1. The zero-order valence-corrected chi connectivity index (χ0v) is 13.0. The minimum Gasteiger partial charge on any atom is -0.337 e. The highest BCUT2D eigenvalue weighted by atomic mass is 32.2. The van der Waals surface area contributed by atoms with Crippen LogP contribution in [-0.4, -0.2) is 27.3 Å². The van der Waals surface area contributed by atoms with Gasteiger partial charge in [-0.15, -0.1) is 0 Å². The summed E-state index contributed by atoms with van der Waals surface area (Å²) in [4.78, 5) is 11.7. The molecule has 2 N–H and O–H groups in total. The summed E-state index contributed by atoms with van der Waals surface area (Å²) in [5.41, 5.74) is 0.275. The van der Waals surface area contributed by atoms with Crippen LogP contribution in [0.5, 0.6) is 0 Å². The number of carbonyl (C=O) groups is 1. The van der Waals surface area contributed by atoms with E-state index in [1.807, 2.05) is 20.8 Å². The molecule has 0 spiro atoms. The van der Waals surface area contributed by atoms with Crippen LogP contribution in [0.4, 0.5) is 14.9 Å². The van der Waals surface area contributed by atoms with Gasteiger partial charge in [-0.05, 0) is 39.0 Å². The van der Waals surface area contributed by atoms with Crippen molar-refractivity contribution in [3.05, 3.63) is 29.6 Å². The molecule has 7 heteroatoms. The molecule has 1 rings (SSSR count). The van der Waals surface area contributed by atoms with E-state index in [-0.39, 0.29) is 22.5 Å². The van der Waals surface area contributed by atoms with Crippen molar-refractivity contribution in [3.63, 3.8) is 0 Å². The topological polar surface area (TPSA) is 82.0 Å². The maximum absolute atomic E-state index is 13.0. The molecule has 0 aliphatic heterocycles. The number of carbonyl (C=O) groups excluding carboxylic acids is 1. The third-order valence-corrected chi connectivity index (χ3v) is 4.55. The lowest BCUT2D eigenvalue weighted by Crippen LogP contribution is -2.35. The SMILES string of the molecule is CC(C)(C)S(=O)CCNC(=O)Nc1ccc(F)cc1C#N. The summed E-state index contributed by atoms with van der Waals surface area (Å²) >= 11 is 0. The zero-order chi connectivity index (χ0) is 16.0. The molecule has 1 unspecified atom stereocenters. The number of nitrogens with one attached hydrogen (secondary N) is 2. The first-order valence-corrected chi connectivity index (χ1v) is 7.69. The molecule has 0 saturated carbocycles. The number of rotatable bonds is 4. The van der Waals surface area contributed by atoms with Crippen molar-refractivity contribution in [1.82, 2.24) is 5.32 Å². The molecular formula is C14H18FN3O2S. The van der Waals surface area contributed by atoms with Gasteiger partial charge in [0.25, 0.3) is 0 Å². The van der Waals surface area contributed by atoms with Gasteiger partial charge in [-0.1, -0.05) is 0 Å². The molecule has 0 aliphatic carbocycles. The van der Waals surface area contributed by atoms with Crippen LogP contribution in [0.25, 0.3) is 0 Å². The molecule has 21 heavy (non-hydrogen) atoms. The lowest BCUT2D eigenvalue weighted by atomic mass is 10.2. The van der Waals surface area contributed by atoms with Crippen molar-refractivity contribution in [2.45, 2.75) is 25.5 Å². The lowest BCUT2D eigenvalue weighted by molar-refractivity contribution is 0.252. The highest BCUT2D eigenvalue weighted by molar-refractivity contribution is 7.86. The number of amides is 2. The summed E-state index contributed by atoms with van der Waals surface area (Å²) in [6, 6.07) is 4.80. The summed E-state index contributed by atoms with van der Waals surface area (Å²) in [5.74, 6) is -0.205. The van der Waals surface area contributed by atoms with Gasteiger partial charge < -0.3 is 10.6 Å². The van der Waals surface area contributed by atoms with Crippen LogP contribution < -0.4 is 10.6 Å². The van der Waals surface area contributed by atoms with Crippen molar-refractivity contribution >= 4 is 22.5 Å². The fourth-order valence-electron chi connectivity index (χ4n) is 1.45. The van der Waals surface area contributed by atoms with E-state index in [2.05, 4.69) is 10.6 Å². The van der Waals surface area contributed by atoms with E-state index >= 15 is 0 Å². The Labute approximate surface area is 126 Å². The smallest absolute Gasteiger partial charge is 0.319 e. The fourth-order valence-corrected chi connectivity index (χ4v) is 2.35. The first-order chi connectivity index (χ1) is 9.74. The van der Waals surface area contributed by atoms with Gasteiger partial charge in [0, 0.05) is 27.8 Å². The molecule has 2 amide bonds. The van der Waals surface area contributed by atoms with Gasteiger partial charge in [0.1, 0.15) is 11.9 Å². The third-order valence-electron chi connectivity index (χ3n) is 2.61. The Hall–Kier alpha value is -1.94. The number of hydrogen-bond donors (Lipinski definition) is 2. The quantitative estimate of drug-likeness (QED) is 0.895. The van der Waals surface area contributed by atoms with Crippen molar-refractivity contribution in [2.24, 2.45) is 0 Å². The summed E-state index contributed by atoms with van der Waals surface area (Å²) in [7, 11) is -1.05. The van der Waals surface area contributed by atoms with Crippen LogP contribution in [-0.2, 0) is 10.8 Å². The van der Waals surface area contributed by atoms with Gasteiger partial charge in [0.05, 0.1) is 11.3 Å². The van der Waals surface area contributed by atoms with Gasteiger partial charge in [-0.25, -0.2) is 9.18 Å². The number of benzene rings is 1. The standard InChI is InChI=1S/C14H18FN3O2S/c1-14(2,3)21(20)7-6-17-13(19)18-12-5-4-11(15)8-10(12)9-16/h4-5,8H,6-7H2,1-3H3,(H2,17,18,19). The van der Waals surface area contributed by atoms with Crippen LogP contribution in [0.1, 0.15) is 26.3 Å². The Balaban J connectivity index is 2.52. The van der Waals surface area contributed by atoms with Crippen LogP contribution >= 0.6 is 0 Å². The maximum Gasteiger partial charge on any atom is 0.319 e. The second kappa shape index (κ2) is 7.18. The van der Waals surface area contributed by atoms with E-state index in [0.717, 1.165) is 12.1 Å². The Morgan fingerprint density at radius 2 is 2.10 bits per heavy atom. The molecule has 0 aromatic heterocycles. The van der Waals surface area contributed by atoms with Crippen LogP contribution in [0.15, 0.2) is 18.2 Å². The average Bonchev–Trinajstić information content (AvgIpc) is 2.39. The number of nitrogens with zero attached hydrogens (tertiary/aromatic N) is 1. The van der Waals surface area contributed by atoms with E-state index in [1.54, 1.807) is 6.07 Å². The van der Waals surface area contributed by atoms with Gasteiger partial charge in [-0.2, -0.15) is 5.26 Å². The van der Waals surface area contributed by atoms with Crippen LogP contribution in [0.2, 0.25) is 0 Å². The Kier molecular flexibility index (Phi) is 5.85. The molecule has 0 aliphatic rings. The Morgan fingerprint density at radius 3 is 2.67 bits per heavy atom. The molecule has 1 atom stereocenters. The van der Waals surface area contributed by atoms with Crippen molar-refractivity contribution in [2.75, 3.05) is 17.6 Å². The van der Waals surface area contributed by atoms with E-state index in [4.69, 9.17) is 5.26 Å². The second-order valence-corrected chi connectivity index (χ2v) is 7.67. The average molecular weight is 311 g/mol. The zero-order valence-electron chi connectivity index (χ0n) is 12.2. The largest absolute Gasteiger partial charge is 0.337 e. The van der Waals surface area contributed by atoms with Crippen LogP contribution in [0.3, 0.4) is 0 Å². The minimum atomic E-state index is -1.05. The monoisotopic (exact) mass is 311 g/mol.